The highest BCUT2D eigenvalue weighted by atomic mass is 31.0. The van der Waals surface area contributed by atoms with Gasteiger partial charge in [-0.05, 0) is 6.42 Å². The van der Waals surface area contributed by atoms with Gasteiger partial charge in [0.1, 0.15) is 0 Å². The highest BCUT2D eigenvalue weighted by Crippen LogP contribution is 2.06. The van der Waals surface area contributed by atoms with Gasteiger partial charge in [0.25, 0.3) is 5.91 Å². The molecule has 0 saturated heterocycles. The molecule has 0 radical (unpaired) electrons. The SMILES string of the molecule is CCCCCCCC(=O)NC(CC(N)=O)C(O)C(=O)NCP. The summed E-state index contributed by atoms with van der Waals surface area (Å²) in [6.07, 6.45) is 3.82. The number of primary amides is 1. The Kier molecular flexibility index (Phi) is 11.7. The van der Waals surface area contributed by atoms with Crippen LogP contribution < -0.4 is 16.4 Å². The van der Waals surface area contributed by atoms with E-state index < -0.39 is 24.0 Å². The molecular formula is C14H28N3O4P. The monoisotopic (exact) mass is 333 g/mol. The Balaban J connectivity index is 4.36. The number of amides is 3. The Bertz CT molecular complexity index is 366. The van der Waals surface area contributed by atoms with Gasteiger partial charge in [0.2, 0.25) is 11.8 Å². The maximum Gasteiger partial charge on any atom is 0.251 e. The molecule has 5 N–H and O–H groups in total. The molecule has 3 amide bonds. The number of aliphatic hydroxyl groups is 1. The summed E-state index contributed by atoms with van der Waals surface area (Å²) >= 11 is 0. The van der Waals surface area contributed by atoms with Gasteiger partial charge < -0.3 is 21.5 Å². The molecule has 0 aliphatic heterocycles. The summed E-state index contributed by atoms with van der Waals surface area (Å²) in [6.45, 7) is 2.11. The van der Waals surface area contributed by atoms with Crippen LogP contribution in [0.2, 0.25) is 0 Å². The van der Waals surface area contributed by atoms with Crippen molar-refractivity contribution in [1.29, 1.82) is 0 Å². The summed E-state index contributed by atoms with van der Waals surface area (Å²) in [5.41, 5.74) is 5.10. The fourth-order valence-corrected chi connectivity index (χ4v) is 2.22. The largest absolute Gasteiger partial charge is 0.381 e. The molecule has 0 spiro atoms. The van der Waals surface area contributed by atoms with Crippen LogP contribution in [-0.2, 0) is 14.4 Å². The predicted octanol–water partition coefficient (Wildman–Crippen LogP) is 0.0168. The van der Waals surface area contributed by atoms with Crippen LogP contribution in [-0.4, -0.2) is 41.3 Å². The van der Waals surface area contributed by atoms with Gasteiger partial charge in [-0.2, -0.15) is 0 Å². The van der Waals surface area contributed by atoms with Crippen LogP contribution in [0, 0.1) is 0 Å². The second-order valence-corrected chi connectivity index (χ2v) is 5.61. The van der Waals surface area contributed by atoms with E-state index in [0.29, 0.717) is 6.42 Å². The van der Waals surface area contributed by atoms with E-state index in [1.54, 1.807) is 0 Å². The normalized spacial score (nSPS) is 13.2. The first-order valence-corrected chi connectivity index (χ1v) is 8.47. The van der Waals surface area contributed by atoms with Crippen LogP contribution in [0.25, 0.3) is 0 Å². The molecule has 0 aromatic carbocycles. The van der Waals surface area contributed by atoms with Gasteiger partial charge in [-0.3, -0.25) is 14.4 Å². The van der Waals surface area contributed by atoms with Crippen molar-refractivity contribution in [2.45, 2.75) is 64.0 Å². The number of aliphatic hydroxyl groups excluding tert-OH is 1. The van der Waals surface area contributed by atoms with Crippen molar-refractivity contribution < 1.29 is 19.5 Å². The van der Waals surface area contributed by atoms with Gasteiger partial charge in [0, 0.05) is 19.1 Å². The van der Waals surface area contributed by atoms with Gasteiger partial charge in [-0.1, -0.05) is 32.6 Å². The number of hydrogen-bond donors (Lipinski definition) is 4. The molecule has 0 fully saturated rings. The molecule has 0 aromatic rings. The molecule has 128 valence electrons. The van der Waals surface area contributed by atoms with E-state index in [9.17, 15) is 19.5 Å². The molecule has 3 unspecified atom stereocenters. The van der Waals surface area contributed by atoms with Crippen molar-refractivity contribution in [3.8, 4) is 0 Å². The summed E-state index contributed by atoms with van der Waals surface area (Å²) in [5.74, 6) is -1.63. The molecule has 0 aliphatic carbocycles. The Hall–Kier alpha value is -1.20. The molecule has 7 nitrogen and oxygen atoms in total. The van der Waals surface area contributed by atoms with Crippen molar-refractivity contribution in [3.05, 3.63) is 0 Å². The first kappa shape index (κ1) is 20.8. The number of unbranched alkanes of at least 4 members (excludes halogenated alkanes) is 4. The third kappa shape index (κ3) is 9.68. The fraction of sp³-hybridized carbons (Fsp3) is 0.786. The molecule has 0 aromatic heterocycles. The molecule has 8 heteroatoms. The third-order valence-electron chi connectivity index (χ3n) is 3.20. The molecular weight excluding hydrogens is 305 g/mol. The Morgan fingerprint density at radius 3 is 2.36 bits per heavy atom. The van der Waals surface area contributed by atoms with Gasteiger partial charge >= 0.3 is 0 Å². The second kappa shape index (κ2) is 12.4. The lowest BCUT2D eigenvalue weighted by atomic mass is 10.1. The Labute approximate surface area is 134 Å². The number of rotatable bonds is 12. The van der Waals surface area contributed by atoms with Crippen LogP contribution in [0.3, 0.4) is 0 Å². The van der Waals surface area contributed by atoms with Gasteiger partial charge in [-0.15, -0.1) is 9.24 Å². The molecule has 22 heavy (non-hydrogen) atoms. The average Bonchev–Trinajstić information content (AvgIpc) is 2.45. The summed E-state index contributed by atoms with van der Waals surface area (Å²) in [6, 6.07) is -1.00. The number of carbonyl (C=O) groups is 3. The number of nitrogens with one attached hydrogen (secondary N) is 2. The van der Waals surface area contributed by atoms with Crippen LogP contribution in [0.15, 0.2) is 0 Å². The molecule has 3 atom stereocenters. The van der Waals surface area contributed by atoms with Crippen molar-refractivity contribution in [3.63, 3.8) is 0 Å². The Morgan fingerprint density at radius 2 is 1.82 bits per heavy atom. The van der Waals surface area contributed by atoms with Crippen molar-refractivity contribution in [2.75, 3.05) is 6.29 Å². The van der Waals surface area contributed by atoms with E-state index in [1.807, 2.05) is 0 Å². The number of hydrogen-bond acceptors (Lipinski definition) is 4. The maximum atomic E-state index is 11.8. The van der Waals surface area contributed by atoms with Crippen LogP contribution in [0.4, 0.5) is 0 Å². The fourth-order valence-electron chi connectivity index (χ4n) is 2.01. The Morgan fingerprint density at radius 1 is 1.18 bits per heavy atom. The highest BCUT2D eigenvalue weighted by Gasteiger charge is 2.28. The zero-order valence-electron chi connectivity index (χ0n) is 13.1. The summed E-state index contributed by atoms with van der Waals surface area (Å²) in [4.78, 5) is 34.5. The molecule has 0 saturated carbocycles. The zero-order chi connectivity index (χ0) is 17.0. The van der Waals surface area contributed by atoms with Crippen LogP contribution >= 0.6 is 9.24 Å². The predicted molar refractivity (Wildman–Crippen MR) is 87.8 cm³/mol. The van der Waals surface area contributed by atoms with E-state index in [4.69, 9.17) is 5.73 Å². The van der Waals surface area contributed by atoms with Crippen LogP contribution in [0.1, 0.15) is 51.9 Å². The second-order valence-electron chi connectivity index (χ2n) is 5.20. The summed E-state index contributed by atoms with van der Waals surface area (Å²) in [7, 11) is 2.28. The lowest BCUT2D eigenvalue weighted by Crippen LogP contribution is -2.51. The van der Waals surface area contributed by atoms with Crippen molar-refractivity contribution >= 4 is 27.0 Å². The maximum absolute atomic E-state index is 11.8. The van der Waals surface area contributed by atoms with Gasteiger partial charge in [0.15, 0.2) is 6.10 Å². The van der Waals surface area contributed by atoms with E-state index in [0.717, 1.165) is 32.1 Å². The molecule has 0 bridgehead atoms. The summed E-state index contributed by atoms with van der Waals surface area (Å²) < 4.78 is 0. The van der Waals surface area contributed by atoms with Gasteiger partial charge in [0.05, 0.1) is 6.04 Å². The summed E-state index contributed by atoms with van der Waals surface area (Å²) in [5, 5.41) is 14.8. The minimum Gasteiger partial charge on any atom is -0.381 e. The first-order chi connectivity index (χ1) is 10.4. The lowest BCUT2D eigenvalue weighted by Gasteiger charge is -2.22. The minimum atomic E-state index is -1.50. The third-order valence-corrected chi connectivity index (χ3v) is 3.41. The highest BCUT2D eigenvalue weighted by molar-refractivity contribution is 7.16. The quantitative estimate of drug-likeness (QED) is 0.297. The van der Waals surface area contributed by atoms with Crippen molar-refractivity contribution in [2.24, 2.45) is 5.73 Å². The van der Waals surface area contributed by atoms with E-state index >= 15 is 0 Å². The van der Waals surface area contributed by atoms with Crippen molar-refractivity contribution in [1.82, 2.24) is 10.6 Å². The lowest BCUT2D eigenvalue weighted by molar-refractivity contribution is -0.132. The minimum absolute atomic E-state index is 0.268. The first-order valence-electron chi connectivity index (χ1n) is 7.65. The number of nitrogens with two attached hydrogens (primary N) is 1. The van der Waals surface area contributed by atoms with E-state index in [1.165, 1.54) is 0 Å². The van der Waals surface area contributed by atoms with E-state index in [-0.39, 0.29) is 18.6 Å². The average molecular weight is 333 g/mol. The van der Waals surface area contributed by atoms with E-state index in [2.05, 4.69) is 26.8 Å². The van der Waals surface area contributed by atoms with Gasteiger partial charge in [-0.25, -0.2) is 0 Å². The zero-order valence-corrected chi connectivity index (χ0v) is 14.3. The molecule has 0 aliphatic rings. The molecule has 0 heterocycles. The topological polar surface area (TPSA) is 122 Å². The van der Waals surface area contributed by atoms with Crippen LogP contribution in [0.5, 0.6) is 0 Å². The standard InChI is InChI=1S/C14H28N3O4P/c1-2-3-4-5-6-7-12(19)17-10(8-11(15)18)13(20)14(21)16-9-22/h10,13,20H,2-9,22H2,1H3,(H2,15,18)(H,16,21)(H,17,19). The molecule has 0 rings (SSSR count). The smallest absolute Gasteiger partial charge is 0.251 e. The number of carbonyl (C=O) groups excluding carboxylic acids is 3.